The molecule has 2 aromatic rings. The summed E-state index contributed by atoms with van der Waals surface area (Å²) in [5, 5.41) is 7.13. The van der Waals surface area contributed by atoms with E-state index in [2.05, 4.69) is 52.5 Å². The van der Waals surface area contributed by atoms with Crippen molar-refractivity contribution in [1.29, 1.82) is 0 Å². The van der Waals surface area contributed by atoms with Gasteiger partial charge in [0, 0.05) is 10.2 Å². The van der Waals surface area contributed by atoms with Gasteiger partial charge in [-0.15, -0.1) is 0 Å². The number of hydrogen-bond acceptors (Lipinski definition) is 1. The van der Waals surface area contributed by atoms with Gasteiger partial charge in [0.2, 0.25) is 0 Å². The molecule has 0 aliphatic rings. The summed E-state index contributed by atoms with van der Waals surface area (Å²) in [4.78, 5) is 0. The first-order valence-electron chi connectivity index (χ1n) is 6.45. The summed E-state index contributed by atoms with van der Waals surface area (Å²) in [6.07, 6.45) is 0. The predicted octanol–water partition coefficient (Wildman–Crippen LogP) is 4.81. The van der Waals surface area contributed by atoms with E-state index < -0.39 is 0 Å². The first kappa shape index (κ1) is 15.0. The minimum absolute atomic E-state index is 0.170. The van der Waals surface area contributed by atoms with E-state index in [-0.39, 0.29) is 6.04 Å². The highest BCUT2D eigenvalue weighted by atomic mass is 79.9. The van der Waals surface area contributed by atoms with Gasteiger partial charge in [0.1, 0.15) is 0 Å². The number of anilines is 1. The number of hydrogen-bond donors (Lipinski definition) is 2. The first-order valence-corrected chi connectivity index (χ1v) is 7.65. The topological polar surface area (TPSA) is 24.1 Å². The summed E-state index contributed by atoms with van der Waals surface area (Å²) >= 11 is 8.81. The van der Waals surface area contributed by atoms with Crippen molar-refractivity contribution in [2.45, 2.75) is 19.9 Å². The van der Waals surface area contributed by atoms with E-state index in [4.69, 9.17) is 12.2 Å². The van der Waals surface area contributed by atoms with E-state index in [1.807, 2.05) is 36.4 Å². The molecule has 4 heteroatoms. The second-order valence-corrected chi connectivity index (χ2v) is 6.01. The molecule has 1 atom stereocenters. The van der Waals surface area contributed by atoms with Gasteiger partial charge in [0.15, 0.2) is 5.11 Å². The normalized spacial score (nSPS) is 11.8. The Morgan fingerprint density at radius 3 is 2.60 bits per heavy atom. The van der Waals surface area contributed by atoms with Crippen LogP contribution in [0.2, 0.25) is 0 Å². The van der Waals surface area contributed by atoms with Crippen molar-refractivity contribution in [2.75, 3.05) is 5.32 Å². The van der Waals surface area contributed by atoms with E-state index >= 15 is 0 Å². The second-order valence-electron chi connectivity index (χ2n) is 4.69. The van der Waals surface area contributed by atoms with Crippen LogP contribution in [0.1, 0.15) is 24.1 Å². The highest BCUT2D eigenvalue weighted by Crippen LogP contribution is 2.18. The lowest BCUT2D eigenvalue weighted by molar-refractivity contribution is 0.717. The fraction of sp³-hybridized carbons (Fsp3) is 0.188. The molecule has 0 amide bonds. The molecular formula is C16H17BrN2S. The fourth-order valence-corrected chi connectivity index (χ4v) is 2.77. The molecule has 0 unspecified atom stereocenters. The smallest absolute Gasteiger partial charge is 0.171 e. The van der Waals surface area contributed by atoms with Crippen molar-refractivity contribution in [3.05, 3.63) is 64.1 Å². The minimum atomic E-state index is 0.170. The fourth-order valence-electron chi connectivity index (χ4n) is 2.08. The molecule has 0 saturated carbocycles. The molecule has 0 spiro atoms. The van der Waals surface area contributed by atoms with Crippen molar-refractivity contribution in [2.24, 2.45) is 0 Å². The van der Waals surface area contributed by atoms with Crippen LogP contribution in [0.4, 0.5) is 5.69 Å². The van der Waals surface area contributed by atoms with Gasteiger partial charge < -0.3 is 10.6 Å². The number of rotatable bonds is 3. The Morgan fingerprint density at radius 1 is 1.15 bits per heavy atom. The molecule has 0 fully saturated rings. The van der Waals surface area contributed by atoms with Crippen LogP contribution in [-0.4, -0.2) is 5.11 Å². The number of aryl methyl sites for hydroxylation is 1. The third kappa shape index (κ3) is 4.05. The molecule has 20 heavy (non-hydrogen) atoms. The number of nitrogens with one attached hydrogen (secondary N) is 2. The lowest BCUT2D eigenvalue weighted by atomic mass is 10.0. The molecule has 2 aromatic carbocycles. The SMILES string of the molecule is Cc1ccccc1[C@@H](C)NC(=S)Nc1cccc(Br)c1. The van der Waals surface area contributed by atoms with Crippen LogP contribution in [-0.2, 0) is 0 Å². The lowest BCUT2D eigenvalue weighted by Gasteiger charge is -2.19. The third-order valence-electron chi connectivity index (χ3n) is 3.09. The van der Waals surface area contributed by atoms with E-state index in [9.17, 15) is 0 Å². The number of halogens is 1. The Morgan fingerprint density at radius 2 is 1.90 bits per heavy atom. The zero-order valence-corrected chi connectivity index (χ0v) is 13.9. The van der Waals surface area contributed by atoms with Crippen LogP contribution in [0.5, 0.6) is 0 Å². The molecule has 104 valence electrons. The van der Waals surface area contributed by atoms with Gasteiger partial charge in [0.25, 0.3) is 0 Å². The van der Waals surface area contributed by atoms with E-state index in [0.717, 1.165) is 10.2 Å². The summed E-state index contributed by atoms with van der Waals surface area (Å²) in [5.74, 6) is 0. The van der Waals surface area contributed by atoms with E-state index in [1.54, 1.807) is 0 Å². The Bertz CT molecular complexity index is 613. The van der Waals surface area contributed by atoms with Crippen molar-refractivity contribution in [1.82, 2.24) is 5.32 Å². The molecule has 2 N–H and O–H groups in total. The summed E-state index contributed by atoms with van der Waals surface area (Å²) in [6, 6.07) is 16.4. The highest BCUT2D eigenvalue weighted by molar-refractivity contribution is 9.10. The Balaban J connectivity index is 2.00. The van der Waals surface area contributed by atoms with Crippen molar-refractivity contribution in [3.63, 3.8) is 0 Å². The average molecular weight is 349 g/mol. The van der Waals surface area contributed by atoms with Gasteiger partial charge in [-0.2, -0.15) is 0 Å². The van der Waals surface area contributed by atoms with Gasteiger partial charge in [-0.3, -0.25) is 0 Å². The maximum atomic E-state index is 5.36. The molecule has 0 bridgehead atoms. The van der Waals surface area contributed by atoms with Crippen molar-refractivity contribution >= 4 is 38.9 Å². The minimum Gasteiger partial charge on any atom is -0.356 e. The van der Waals surface area contributed by atoms with E-state index in [0.29, 0.717) is 5.11 Å². The van der Waals surface area contributed by atoms with Crippen LogP contribution < -0.4 is 10.6 Å². The number of thiocarbonyl (C=S) groups is 1. The second kappa shape index (κ2) is 6.86. The Hall–Kier alpha value is -1.39. The van der Waals surface area contributed by atoms with Gasteiger partial charge in [-0.05, 0) is 55.4 Å². The quantitative estimate of drug-likeness (QED) is 0.778. The zero-order valence-electron chi connectivity index (χ0n) is 11.5. The van der Waals surface area contributed by atoms with Crippen LogP contribution in [0.25, 0.3) is 0 Å². The Labute approximate surface area is 133 Å². The highest BCUT2D eigenvalue weighted by Gasteiger charge is 2.09. The van der Waals surface area contributed by atoms with Gasteiger partial charge in [0.05, 0.1) is 6.04 Å². The maximum absolute atomic E-state index is 5.36. The standard InChI is InChI=1S/C16H17BrN2S/c1-11-6-3-4-9-15(11)12(2)18-16(20)19-14-8-5-7-13(17)10-14/h3-10,12H,1-2H3,(H2,18,19,20)/t12-/m1/s1. The molecule has 2 nitrogen and oxygen atoms in total. The number of benzene rings is 2. The molecule has 0 aromatic heterocycles. The molecular weight excluding hydrogens is 332 g/mol. The molecule has 0 heterocycles. The molecule has 0 aliphatic carbocycles. The summed E-state index contributed by atoms with van der Waals surface area (Å²) in [7, 11) is 0. The third-order valence-corrected chi connectivity index (χ3v) is 3.80. The predicted molar refractivity (Wildman–Crippen MR) is 93.1 cm³/mol. The first-order chi connectivity index (χ1) is 9.56. The molecule has 0 saturated heterocycles. The van der Waals surface area contributed by atoms with E-state index in [1.165, 1.54) is 11.1 Å². The van der Waals surface area contributed by atoms with Gasteiger partial charge in [-0.25, -0.2) is 0 Å². The van der Waals surface area contributed by atoms with Crippen molar-refractivity contribution < 1.29 is 0 Å². The summed E-state index contributed by atoms with van der Waals surface area (Å²) in [5.41, 5.74) is 3.48. The van der Waals surface area contributed by atoms with Crippen LogP contribution >= 0.6 is 28.1 Å². The summed E-state index contributed by atoms with van der Waals surface area (Å²) < 4.78 is 1.03. The Kier molecular flexibility index (Phi) is 5.15. The largest absolute Gasteiger partial charge is 0.356 e. The van der Waals surface area contributed by atoms with Crippen LogP contribution in [0.3, 0.4) is 0 Å². The molecule has 2 rings (SSSR count). The summed E-state index contributed by atoms with van der Waals surface area (Å²) in [6.45, 7) is 4.22. The maximum Gasteiger partial charge on any atom is 0.171 e. The lowest BCUT2D eigenvalue weighted by Crippen LogP contribution is -2.31. The van der Waals surface area contributed by atoms with Gasteiger partial charge >= 0.3 is 0 Å². The molecule has 0 aliphatic heterocycles. The zero-order chi connectivity index (χ0) is 14.5. The van der Waals surface area contributed by atoms with Gasteiger partial charge in [-0.1, -0.05) is 46.3 Å². The van der Waals surface area contributed by atoms with Crippen molar-refractivity contribution in [3.8, 4) is 0 Å². The monoisotopic (exact) mass is 348 g/mol. The van der Waals surface area contributed by atoms with Crippen LogP contribution in [0, 0.1) is 6.92 Å². The van der Waals surface area contributed by atoms with Crippen LogP contribution in [0.15, 0.2) is 53.0 Å². The molecule has 0 radical (unpaired) electrons. The average Bonchev–Trinajstić information content (AvgIpc) is 2.38.